The molecule has 0 saturated carbocycles. The summed E-state index contributed by atoms with van der Waals surface area (Å²) in [6.07, 6.45) is 2.08. The molecule has 0 aromatic rings. The number of amides is 3. The van der Waals surface area contributed by atoms with E-state index < -0.39 is 6.03 Å². The first-order chi connectivity index (χ1) is 7.01. The third-order valence-electron chi connectivity index (χ3n) is 2.11. The van der Waals surface area contributed by atoms with Crippen LogP contribution in [0, 0.1) is 0 Å². The Balaban J connectivity index is 3.93. The van der Waals surface area contributed by atoms with Gasteiger partial charge in [0.1, 0.15) is 0 Å². The Kier molecular flexibility index (Phi) is 6.70. The monoisotopic (exact) mass is 215 g/mol. The van der Waals surface area contributed by atoms with Crippen molar-refractivity contribution < 1.29 is 9.59 Å². The molecule has 0 bridgehead atoms. The van der Waals surface area contributed by atoms with Crippen LogP contribution in [0.1, 0.15) is 33.6 Å². The van der Waals surface area contributed by atoms with Crippen LogP contribution in [0.3, 0.4) is 0 Å². The molecule has 2 atom stereocenters. The third kappa shape index (κ3) is 6.06. The van der Waals surface area contributed by atoms with Crippen molar-refractivity contribution in [1.82, 2.24) is 16.0 Å². The predicted octanol–water partition coefficient (Wildman–Crippen LogP) is 0.609. The van der Waals surface area contributed by atoms with Gasteiger partial charge in [-0.1, -0.05) is 13.3 Å². The molecule has 2 unspecified atom stereocenters. The highest BCUT2D eigenvalue weighted by atomic mass is 16.2. The van der Waals surface area contributed by atoms with Crippen LogP contribution in [0.25, 0.3) is 0 Å². The van der Waals surface area contributed by atoms with Gasteiger partial charge in [0.25, 0.3) is 0 Å². The Morgan fingerprint density at radius 3 is 2.33 bits per heavy atom. The number of rotatable bonds is 5. The van der Waals surface area contributed by atoms with Crippen LogP contribution >= 0.6 is 0 Å². The van der Waals surface area contributed by atoms with Crippen LogP contribution in [0.15, 0.2) is 0 Å². The van der Waals surface area contributed by atoms with Gasteiger partial charge in [0, 0.05) is 13.1 Å². The van der Waals surface area contributed by atoms with Gasteiger partial charge in [-0.2, -0.15) is 0 Å². The lowest BCUT2D eigenvalue weighted by atomic mass is 10.1. The molecule has 88 valence electrons. The van der Waals surface area contributed by atoms with Crippen molar-refractivity contribution in [3.8, 4) is 0 Å². The molecule has 3 amide bonds. The van der Waals surface area contributed by atoms with E-state index >= 15 is 0 Å². The second kappa shape index (κ2) is 7.23. The summed E-state index contributed by atoms with van der Waals surface area (Å²) in [6, 6.07) is -0.555. The quantitative estimate of drug-likeness (QED) is 0.629. The molecule has 0 heterocycles. The number of urea groups is 1. The van der Waals surface area contributed by atoms with Crippen LogP contribution in [-0.4, -0.2) is 31.1 Å². The summed E-state index contributed by atoms with van der Waals surface area (Å²) in [5.74, 6) is -0.308. The second-order valence-electron chi connectivity index (χ2n) is 3.65. The highest BCUT2D eigenvalue weighted by molar-refractivity contribution is 5.96. The van der Waals surface area contributed by atoms with E-state index in [4.69, 9.17) is 0 Å². The van der Waals surface area contributed by atoms with Crippen molar-refractivity contribution in [2.75, 3.05) is 7.05 Å². The second-order valence-corrected chi connectivity index (χ2v) is 3.65. The molecule has 0 fully saturated rings. The minimum atomic E-state index is -0.475. The summed E-state index contributed by atoms with van der Waals surface area (Å²) in [5, 5.41) is 7.67. The van der Waals surface area contributed by atoms with Crippen LogP contribution in [-0.2, 0) is 4.79 Å². The maximum Gasteiger partial charge on any atom is 0.321 e. The van der Waals surface area contributed by atoms with Crippen molar-refractivity contribution >= 4 is 11.9 Å². The first-order valence-electron chi connectivity index (χ1n) is 5.29. The zero-order valence-electron chi connectivity index (χ0n) is 9.89. The molecule has 0 aliphatic heterocycles. The summed E-state index contributed by atoms with van der Waals surface area (Å²) >= 11 is 0. The molecule has 0 spiro atoms. The van der Waals surface area contributed by atoms with Gasteiger partial charge >= 0.3 is 6.03 Å². The zero-order valence-corrected chi connectivity index (χ0v) is 9.89. The Morgan fingerprint density at radius 1 is 1.27 bits per heavy atom. The number of imide groups is 1. The summed E-state index contributed by atoms with van der Waals surface area (Å²) in [4.78, 5) is 22.3. The van der Waals surface area contributed by atoms with Crippen LogP contribution in [0.2, 0.25) is 0 Å². The molecule has 0 aliphatic rings. The van der Waals surface area contributed by atoms with Gasteiger partial charge in [0.05, 0.1) is 6.04 Å². The lowest BCUT2D eigenvalue weighted by molar-refractivity contribution is -0.121. The van der Waals surface area contributed by atoms with Gasteiger partial charge in [-0.3, -0.25) is 10.1 Å². The highest BCUT2D eigenvalue weighted by Gasteiger charge is 2.16. The molecule has 5 nitrogen and oxygen atoms in total. The van der Waals surface area contributed by atoms with Gasteiger partial charge in [-0.25, -0.2) is 4.79 Å². The Labute approximate surface area is 91.0 Å². The average molecular weight is 215 g/mol. The molecule has 0 aliphatic carbocycles. The van der Waals surface area contributed by atoms with E-state index in [1.807, 2.05) is 6.92 Å². The van der Waals surface area contributed by atoms with E-state index in [-0.39, 0.29) is 18.0 Å². The number of carbonyl (C=O) groups is 2. The topological polar surface area (TPSA) is 70.2 Å². The molecular formula is C10H21N3O2. The van der Waals surface area contributed by atoms with Gasteiger partial charge in [-0.15, -0.1) is 0 Å². The summed E-state index contributed by atoms with van der Waals surface area (Å²) in [7, 11) is 1.47. The van der Waals surface area contributed by atoms with Crippen molar-refractivity contribution in [3.05, 3.63) is 0 Å². The molecule has 0 aromatic heterocycles. The molecule has 0 radical (unpaired) electrons. The first kappa shape index (κ1) is 13.9. The van der Waals surface area contributed by atoms with Crippen LogP contribution < -0.4 is 16.0 Å². The van der Waals surface area contributed by atoms with Gasteiger partial charge in [0.15, 0.2) is 0 Å². The van der Waals surface area contributed by atoms with E-state index in [2.05, 4.69) is 22.9 Å². The third-order valence-corrected chi connectivity index (χ3v) is 2.11. The Bertz CT molecular complexity index is 219. The summed E-state index contributed by atoms with van der Waals surface area (Å²) in [6.45, 7) is 5.85. The lowest BCUT2D eigenvalue weighted by Gasteiger charge is -2.18. The molecule has 0 rings (SSSR count). The minimum Gasteiger partial charge on any atom is -0.341 e. The van der Waals surface area contributed by atoms with Crippen molar-refractivity contribution in [3.63, 3.8) is 0 Å². The average Bonchev–Trinajstić information content (AvgIpc) is 2.17. The first-order valence-corrected chi connectivity index (χ1v) is 5.29. The van der Waals surface area contributed by atoms with Crippen molar-refractivity contribution in [2.45, 2.75) is 45.7 Å². The Morgan fingerprint density at radius 2 is 1.87 bits per heavy atom. The molecule has 15 heavy (non-hydrogen) atoms. The summed E-state index contributed by atoms with van der Waals surface area (Å²) in [5.41, 5.74) is 0. The molecule has 3 N–H and O–H groups in total. The smallest absolute Gasteiger partial charge is 0.321 e. The van der Waals surface area contributed by atoms with Crippen molar-refractivity contribution in [2.24, 2.45) is 0 Å². The minimum absolute atomic E-state index is 0.278. The van der Waals surface area contributed by atoms with Crippen molar-refractivity contribution in [1.29, 1.82) is 0 Å². The van der Waals surface area contributed by atoms with E-state index in [1.54, 1.807) is 6.92 Å². The fourth-order valence-electron chi connectivity index (χ4n) is 1.30. The maximum atomic E-state index is 11.4. The number of hydrogen-bond acceptors (Lipinski definition) is 3. The van der Waals surface area contributed by atoms with E-state index in [0.29, 0.717) is 0 Å². The standard InChI is InChI=1S/C10H21N3O2/c1-5-6-7(2)12-8(3)9(14)13-10(15)11-4/h7-8,12H,5-6H2,1-4H3,(H2,11,13,14,15). The van der Waals surface area contributed by atoms with Crippen LogP contribution in [0.5, 0.6) is 0 Å². The van der Waals surface area contributed by atoms with E-state index in [1.165, 1.54) is 7.05 Å². The fourth-order valence-corrected chi connectivity index (χ4v) is 1.30. The Hall–Kier alpha value is -1.10. The molecular weight excluding hydrogens is 194 g/mol. The van der Waals surface area contributed by atoms with E-state index in [9.17, 15) is 9.59 Å². The zero-order chi connectivity index (χ0) is 11.8. The number of hydrogen-bond donors (Lipinski definition) is 3. The van der Waals surface area contributed by atoms with Gasteiger partial charge in [-0.05, 0) is 20.3 Å². The van der Waals surface area contributed by atoms with E-state index in [0.717, 1.165) is 12.8 Å². The molecule has 0 aromatic carbocycles. The lowest BCUT2D eigenvalue weighted by Crippen LogP contribution is -2.49. The molecule has 0 saturated heterocycles. The van der Waals surface area contributed by atoms with Gasteiger partial charge in [0.2, 0.25) is 5.91 Å². The predicted molar refractivity (Wildman–Crippen MR) is 59.6 cm³/mol. The fraction of sp³-hybridized carbons (Fsp3) is 0.800. The SMILES string of the molecule is CCCC(C)NC(C)C(=O)NC(=O)NC. The van der Waals surface area contributed by atoms with Crippen LogP contribution in [0.4, 0.5) is 4.79 Å². The molecule has 5 heteroatoms. The van der Waals surface area contributed by atoms with Gasteiger partial charge < -0.3 is 10.6 Å². The number of carbonyl (C=O) groups excluding carboxylic acids is 2. The largest absolute Gasteiger partial charge is 0.341 e. The summed E-state index contributed by atoms with van der Waals surface area (Å²) < 4.78 is 0. The maximum absolute atomic E-state index is 11.4. The normalized spacial score (nSPS) is 14.1. The number of nitrogens with one attached hydrogen (secondary N) is 3. The highest BCUT2D eigenvalue weighted by Crippen LogP contribution is 1.96.